The summed E-state index contributed by atoms with van der Waals surface area (Å²) in [5.41, 5.74) is 1.38. The number of amides is 1. The van der Waals surface area contributed by atoms with E-state index in [0.717, 1.165) is 10.1 Å². The summed E-state index contributed by atoms with van der Waals surface area (Å²) in [5, 5.41) is 12.6. The number of aryl methyl sites for hydroxylation is 1. The smallest absolute Gasteiger partial charge is 0.248 e. The first-order valence-corrected chi connectivity index (χ1v) is 9.14. The number of aromatic nitrogens is 3. The molecule has 3 aromatic rings. The van der Waals surface area contributed by atoms with Gasteiger partial charge >= 0.3 is 0 Å². The van der Waals surface area contributed by atoms with E-state index in [1.165, 1.54) is 17.8 Å². The predicted molar refractivity (Wildman–Crippen MR) is 106 cm³/mol. The lowest BCUT2D eigenvalue weighted by molar-refractivity contribution is -0.111. The molecule has 3 rings (SSSR count). The van der Waals surface area contributed by atoms with Crippen molar-refractivity contribution in [3.63, 3.8) is 0 Å². The molecule has 26 heavy (non-hydrogen) atoms. The molecule has 0 saturated carbocycles. The fourth-order valence-electron chi connectivity index (χ4n) is 2.07. The van der Waals surface area contributed by atoms with Crippen LogP contribution in [0.3, 0.4) is 0 Å². The number of hydrogen-bond donors (Lipinski definition) is 1. The van der Waals surface area contributed by atoms with E-state index in [-0.39, 0.29) is 5.91 Å². The minimum atomic E-state index is -0.255. The Hall–Kier alpha value is -2.28. The summed E-state index contributed by atoms with van der Waals surface area (Å²) in [4.78, 5) is 13.1. The van der Waals surface area contributed by atoms with Crippen molar-refractivity contribution in [2.45, 2.75) is 10.1 Å². The molecule has 0 aliphatic heterocycles. The quantitative estimate of drug-likeness (QED) is 0.612. The highest BCUT2D eigenvalue weighted by atomic mass is 35.5. The van der Waals surface area contributed by atoms with E-state index in [9.17, 15) is 4.79 Å². The Morgan fingerprint density at radius 2 is 1.96 bits per heavy atom. The molecule has 0 fully saturated rings. The van der Waals surface area contributed by atoms with Gasteiger partial charge in [0, 0.05) is 33.8 Å². The maximum atomic E-state index is 12.1. The topological polar surface area (TPSA) is 59.8 Å². The third-order valence-corrected chi connectivity index (χ3v) is 5.01. The first-order chi connectivity index (χ1) is 12.5. The van der Waals surface area contributed by atoms with Gasteiger partial charge < -0.3 is 9.88 Å². The number of hydrogen-bond acceptors (Lipinski definition) is 4. The van der Waals surface area contributed by atoms with Gasteiger partial charge in [0.1, 0.15) is 6.33 Å². The molecule has 132 valence electrons. The number of halogens is 2. The van der Waals surface area contributed by atoms with Crippen LogP contribution in [0.4, 0.5) is 5.69 Å². The minimum Gasteiger partial charge on any atom is -0.323 e. The Morgan fingerprint density at radius 1 is 1.19 bits per heavy atom. The summed E-state index contributed by atoms with van der Waals surface area (Å²) >= 11 is 13.5. The predicted octanol–water partition coefficient (Wildman–Crippen LogP) is 4.93. The average molecular weight is 405 g/mol. The largest absolute Gasteiger partial charge is 0.323 e. The molecular formula is C18H14Cl2N4OS. The van der Waals surface area contributed by atoms with E-state index < -0.39 is 0 Å². The van der Waals surface area contributed by atoms with Crippen LogP contribution in [0.25, 0.3) is 6.08 Å². The van der Waals surface area contributed by atoms with Crippen LogP contribution in [0.1, 0.15) is 5.56 Å². The van der Waals surface area contributed by atoms with E-state index in [1.807, 2.05) is 35.9 Å². The number of carbonyl (C=O) groups is 1. The summed E-state index contributed by atoms with van der Waals surface area (Å²) in [6.45, 7) is 0. The van der Waals surface area contributed by atoms with Crippen molar-refractivity contribution in [2.24, 2.45) is 7.05 Å². The Labute approximate surface area is 165 Å². The second-order valence-electron chi connectivity index (χ2n) is 5.34. The van der Waals surface area contributed by atoms with Crippen molar-refractivity contribution in [1.29, 1.82) is 0 Å². The number of nitrogens with zero attached hydrogens (tertiary/aromatic N) is 3. The molecule has 2 aromatic carbocycles. The van der Waals surface area contributed by atoms with Crippen molar-refractivity contribution in [3.8, 4) is 0 Å². The molecule has 0 atom stereocenters. The van der Waals surface area contributed by atoms with Crippen molar-refractivity contribution in [2.75, 3.05) is 5.32 Å². The van der Waals surface area contributed by atoms with Gasteiger partial charge in [-0.3, -0.25) is 4.79 Å². The lowest BCUT2D eigenvalue weighted by atomic mass is 10.2. The van der Waals surface area contributed by atoms with Gasteiger partial charge in [-0.05, 0) is 65.9 Å². The lowest BCUT2D eigenvalue weighted by Gasteiger charge is -2.04. The number of benzene rings is 2. The van der Waals surface area contributed by atoms with E-state index >= 15 is 0 Å². The zero-order valence-electron chi connectivity index (χ0n) is 13.7. The third-order valence-electron chi connectivity index (χ3n) is 3.37. The lowest BCUT2D eigenvalue weighted by Crippen LogP contribution is -2.07. The van der Waals surface area contributed by atoms with E-state index in [4.69, 9.17) is 23.2 Å². The fraction of sp³-hybridized carbons (Fsp3) is 0.0556. The van der Waals surface area contributed by atoms with Gasteiger partial charge in [-0.2, -0.15) is 0 Å². The molecule has 1 aromatic heterocycles. The van der Waals surface area contributed by atoms with Gasteiger partial charge in [0.15, 0.2) is 5.16 Å². The first kappa shape index (κ1) is 18.5. The Morgan fingerprint density at radius 3 is 2.65 bits per heavy atom. The summed E-state index contributed by atoms with van der Waals surface area (Å²) in [7, 11) is 1.88. The van der Waals surface area contributed by atoms with Gasteiger partial charge in [-0.25, -0.2) is 0 Å². The van der Waals surface area contributed by atoms with Gasteiger partial charge in [-0.1, -0.05) is 23.2 Å². The summed E-state index contributed by atoms with van der Waals surface area (Å²) in [6.07, 6.45) is 4.69. The van der Waals surface area contributed by atoms with Crippen LogP contribution in [0.5, 0.6) is 0 Å². The SMILES string of the molecule is Cn1cnnc1Sc1ccc(NC(=O)/C=C/c2cc(Cl)ccc2Cl)cc1. The van der Waals surface area contributed by atoms with Gasteiger partial charge in [-0.15, -0.1) is 10.2 Å². The molecule has 0 radical (unpaired) electrons. The summed E-state index contributed by atoms with van der Waals surface area (Å²) < 4.78 is 1.84. The highest BCUT2D eigenvalue weighted by Gasteiger charge is 2.05. The molecule has 1 amide bonds. The van der Waals surface area contributed by atoms with Gasteiger partial charge in [0.25, 0.3) is 0 Å². The molecule has 0 spiro atoms. The number of anilines is 1. The first-order valence-electron chi connectivity index (χ1n) is 7.57. The van der Waals surface area contributed by atoms with Crippen LogP contribution < -0.4 is 5.32 Å². The van der Waals surface area contributed by atoms with Crippen LogP contribution in [-0.4, -0.2) is 20.7 Å². The molecule has 8 heteroatoms. The third kappa shape index (κ3) is 4.88. The maximum absolute atomic E-state index is 12.1. The monoisotopic (exact) mass is 404 g/mol. The second-order valence-corrected chi connectivity index (χ2v) is 7.22. The van der Waals surface area contributed by atoms with Gasteiger partial charge in [0.05, 0.1) is 0 Å². The van der Waals surface area contributed by atoms with E-state index in [1.54, 1.807) is 30.6 Å². The zero-order chi connectivity index (χ0) is 18.5. The summed E-state index contributed by atoms with van der Waals surface area (Å²) in [6, 6.07) is 12.6. The van der Waals surface area contributed by atoms with Crippen LogP contribution in [-0.2, 0) is 11.8 Å². The molecule has 0 bridgehead atoms. The van der Waals surface area contributed by atoms with Crippen LogP contribution >= 0.6 is 35.0 Å². The van der Waals surface area contributed by atoms with E-state index in [0.29, 0.717) is 21.3 Å². The van der Waals surface area contributed by atoms with Crippen molar-refractivity contribution >= 4 is 52.6 Å². The normalized spacial score (nSPS) is 11.0. The Balaban J connectivity index is 1.61. The number of nitrogens with one attached hydrogen (secondary N) is 1. The second kappa shape index (κ2) is 8.40. The molecule has 0 aliphatic carbocycles. The van der Waals surface area contributed by atoms with E-state index in [2.05, 4.69) is 15.5 Å². The molecule has 0 unspecified atom stereocenters. The Bertz CT molecular complexity index is 954. The fourth-order valence-corrected chi connectivity index (χ4v) is 3.19. The molecule has 1 N–H and O–H groups in total. The number of rotatable bonds is 5. The zero-order valence-corrected chi connectivity index (χ0v) is 16.0. The molecular weight excluding hydrogens is 391 g/mol. The molecule has 1 heterocycles. The van der Waals surface area contributed by atoms with Crippen LogP contribution in [0, 0.1) is 0 Å². The molecule has 0 saturated heterocycles. The Kier molecular flexibility index (Phi) is 5.98. The minimum absolute atomic E-state index is 0.255. The van der Waals surface area contributed by atoms with Crippen molar-refractivity contribution in [3.05, 3.63) is 70.5 Å². The highest BCUT2D eigenvalue weighted by molar-refractivity contribution is 7.99. The average Bonchev–Trinajstić information content (AvgIpc) is 3.02. The number of carbonyl (C=O) groups excluding carboxylic acids is 1. The van der Waals surface area contributed by atoms with Crippen LogP contribution in [0.2, 0.25) is 10.0 Å². The van der Waals surface area contributed by atoms with Gasteiger partial charge in [0.2, 0.25) is 5.91 Å². The molecule has 0 aliphatic rings. The van der Waals surface area contributed by atoms with Crippen LogP contribution in [0.15, 0.2) is 64.9 Å². The van der Waals surface area contributed by atoms with Crippen molar-refractivity contribution in [1.82, 2.24) is 14.8 Å². The maximum Gasteiger partial charge on any atom is 0.248 e. The highest BCUT2D eigenvalue weighted by Crippen LogP contribution is 2.26. The summed E-state index contributed by atoms with van der Waals surface area (Å²) in [5.74, 6) is -0.255. The van der Waals surface area contributed by atoms with Crippen molar-refractivity contribution < 1.29 is 4.79 Å². The standard InChI is InChI=1S/C18H14Cl2N4OS/c1-24-11-21-23-18(24)26-15-6-4-14(5-7-15)22-17(25)9-2-12-10-13(19)3-8-16(12)20/h2-11H,1H3,(H,22,25)/b9-2+. The molecule has 5 nitrogen and oxygen atoms in total.